The van der Waals surface area contributed by atoms with Crippen LogP contribution in [-0.4, -0.2) is 101 Å². The maximum absolute atomic E-state index is 11.7. The number of nitrogens with zero attached hydrogens (tertiary/aromatic N) is 2. The van der Waals surface area contributed by atoms with Gasteiger partial charge in [0.15, 0.2) is 5.78 Å². The lowest BCUT2D eigenvalue weighted by Crippen LogP contribution is -2.32. The molecule has 2 fully saturated rings. The maximum Gasteiger partial charge on any atom is 0.363 e. The molecule has 0 saturated carbocycles. The molecule has 0 unspecified atom stereocenters. The molecule has 2 heterocycles. The molecule has 2 saturated heterocycles. The highest BCUT2D eigenvalue weighted by molar-refractivity contribution is 14.1. The van der Waals surface area contributed by atoms with Crippen LogP contribution >= 0.6 is 136 Å². The van der Waals surface area contributed by atoms with E-state index >= 15 is 0 Å². The minimum Gasteiger partial charge on any atom is -0.507 e. The molecule has 0 atom stereocenters. The molecule has 0 aromatic heterocycles. The number of hydrogen-bond donors (Lipinski definition) is 6. The number of amides is 4. The molecular weight excluding hydrogens is 1840 g/mol. The summed E-state index contributed by atoms with van der Waals surface area (Å²) in [4.78, 5) is 121. The SMILES string of the molecule is CCCC(=O)CCc1ccc(O)c(I)c1.CCCC(=O)c1cccc(I)c1.CCN.O=C(CCc1ccc(O)c(I)c1)ON1C(=O)CCC1=O.O=C(O)CCc1ccc(O)c(I)c1.O=C(O)c1cccc(I)c1.O=C(ON1C(=O)CCC1=O)c1cccc(I)c1. The molecule has 4 amide bonds. The van der Waals surface area contributed by atoms with Crippen LogP contribution in [0.1, 0.15) is 139 Å². The van der Waals surface area contributed by atoms with Crippen LogP contribution in [0.3, 0.4) is 0 Å². The Morgan fingerprint density at radius 1 is 0.456 bits per heavy atom. The van der Waals surface area contributed by atoms with Gasteiger partial charge in [-0.1, -0.05) is 63.2 Å². The number of aromatic carboxylic acids is 1. The van der Waals surface area contributed by atoms with Crippen molar-refractivity contribution in [1.29, 1.82) is 0 Å². The predicted octanol–water partition coefficient (Wildman–Crippen LogP) is 13.6. The van der Waals surface area contributed by atoms with Crippen LogP contribution < -0.4 is 5.73 Å². The number of benzene rings is 6. The number of phenolic OH excluding ortho intramolecular Hbond substituents is 3. The van der Waals surface area contributed by atoms with E-state index in [1.165, 1.54) is 0 Å². The van der Waals surface area contributed by atoms with Crippen molar-refractivity contribution >= 4 is 195 Å². The van der Waals surface area contributed by atoms with Crippen molar-refractivity contribution < 1.29 is 83.2 Å². The Hall–Kier alpha value is -5.44. The standard InChI is InChI=1S/C13H12INO5.C12H15IO2.C11H8INO4.C10H11IO.C9H9IO3.C7H5IO2.C2H7N/c14-9-7-8(1-3-10(9)16)2-6-13(19)20-15-11(17)4-5-12(15)18;1-2-3-10(14)6-4-9-5-7-12(15)11(13)8-9;12-8-3-1-2-7(6-8)11(16)17-13-9(14)4-5-10(13)15;1-2-4-10(12)8-5-3-6-9(11)7-8;10-7-5-6(1-3-8(7)11)2-4-9(12)13;8-6-3-1-2-5(4-6)7(9)10;1-2-3/h1,3,7,16H,2,4-6H2;5,7-8,15H,2-4,6H2,1H3;1-3,6H,4-5H2;3,5-7H,2,4H2,1H3;1,3,5,11H,2,4H2,(H,12,13);1-4H,(H,9,10);2-3H2,1H3. The number of carbonyl (C=O) groups excluding carboxylic acids is 8. The van der Waals surface area contributed by atoms with Crippen LogP contribution in [0.25, 0.3) is 0 Å². The van der Waals surface area contributed by atoms with Crippen LogP contribution in [0.15, 0.2) is 127 Å². The van der Waals surface area contributed by atoms with Crippen LogP contribution in [-0.2, 0) is 62.5 Å². The Morgan fingerprint density at radius 3 is 1.18 bits per heavy atom. The topological polar surface area (TPSA) is 323 Å². The summed E-state index contributed by atoms with van der Waals surface area (Å²) in [6, 6.07) is 36.8. The number of aryl methyl sites for hydroxylation is 3. The third kappa shape index (κ3) is 32.2. The molecule has 2 aliphatic rings. The zero-order valence-corrected chi connectivity index (χ0v) is 62.1. The minimum absolute atomic E-state index is 0.0535. The maximum atomic E-state index is 11.7. The van der Waals surface area contributed by atoms with Gasteiger partial charge in [0.05, 0.1) is 28.3 Å². The van der Waals surface area contributed by atoms with E-state index in [2.05, 4.69) is 90.4 Å². The third-order valence-electron chi connectivity index (χ3n) is 11.6. The first kappa shape index (κ1) is 80.7. The Labute approximate surface area is 603 Å². The molecule has 482 valence electrons. The van der Waals surface area contributed by atoms with Crippen molar-refractivity contribution in [3.63, 3.8) is 0 Å². The lowest BCUT2D eigenvalue weighted by Gasteiger charge is -2.12. The van der Waals surface area contributed by atoms with Crippen LogP contribution in [0.5, 0.6) is 17.2 Å². The first-order chi connectivity index (χ1) is 42.6. The number of carbonyl (C=O) groups is 10. The molecule has 20 nitrogen and oxygen atoms in total. The Balaban J connectivity index is 0.000000369. The summed E-state index contributed by atoms with van der Waals surface area (Å²) in [5.41, 5.74) is 9.24. The number of rotatable bonds is 18. The normalized spacial score (nSPS) is 11.8. The van der Waals surface area contributed by atoms with Crippen molar-refractivity contribution in [3.05, 3.63) is 182 Å². The zero-order valence-electron chi connectivity index (χ0n) is 49.1. The average molecular weight is 1910 g/mol. The second kappa shape index (κ2) is 44.2. The molecule has 90 heavy (non-hydrogen) atoms. The van der Waals surface area contributed by atoms with Crippen LogP contribution in [0.2, 0.25) is 0 Å². The van der Waals surface area contributed by atoms with Crippen molar-refractivity contribution in [2.24, 2.45) is 5.73 Å². The number of phenols is 3. The summed E-state index contributed by atoms with van der Waals surface area (Å²) in [6.07, 6.45) is 6.01. The van der Waals surface area contributed by atoms with Gasteiger partial charge in [-0.3, -0.25) is 33.6 Å². The van der Waals surface area contributed by atoms with Gasteiger partial charge in [-0.15, -0.1) is 10.1 Å². The van der Waals surface area contributed by atoms with Crippen molar-refractivity contribution in [3.8, 4) is 17.2 Å². The highest BCUT2D eigenvalue weighted by Gasteiger charge is 2.34. The van der Waals surface area contributed by atoms with Gasteiger partial charge in [-0.2, -0.15) is 0 Å². The molecule has 8 rings (SSSR count). The van der Waals surface area contributed by atoms with E-state index in [-0.39, 0.29) is 55.8 Å². The molecule has 7 N–H and O–H groups in total. The van der Waals surface area contributed by atoms with E-state index in [0.29, 0.717) is 68.5 Å². The predicted molar refractivity (Wildman–Crippen MR) is 387 cm³/mol. The Bertz CT molecular complexity index is 3410. The first-order valence-corrected chi connectivity index (χ1v) is 34.1. The number of aliphatic carboxylic acids is 1. The second-order valence-corrected chi connectivity index (χ2v) is 26.2. The number of hydrogen-bond acceptors (Lipinski definition) is 16. The van der Waals surface area contributed by atoms with Gasteiger partial charge in [0, 0.05) is 67.6 Å². The minimum atomic E-state index is -0.876. The lowest BCUT2D eigenvalue weighted by atomic mass is 10.1. The summed E-state index contributed by atoms with van der Waals surface area (Å²) < 4.78 is 5.22. The van der Waals surface area contributed by atoms with E-state index in [9.17, 15) is 63.3 Å². The van der Waals surface area contributed by atoms with Gasteiger partial charge < -0.3 is 40.9 Å². The molecule has 0 spiro atoms. The van der Waals surface area contributed by atoms with Gasteiger partial charge in [-0.25, -0.2) is 14.4 Å². The number of hydroxylamine groups is 4. The fourth-order valence-electron chi connectivity index (χ4n) is 7.17. The largest absolute Gasteiger partial charge is 0.507 e. The fourth-order valence-corrected chi connectivity index (χ4v) is 10.5. The Morgan fingerprint density at radius 2 is 0.811 bits per heavy atom. The van der Waals surface area contributed by atoms with Gasteiger partial charge in [0.25, 0.3) is 23.6 Å². The molecule has 0 bridgehead atoms. The number of imide groups is 2. The monoisotopic (exact) mass is 1910 g/mol. The molecule has 0 aliphatic carbocycles. The molecule has 6 aromatic carbocycles. The third-order valence-corrected chi connectivity index (χ3v) is 16.2. The van der Waals surface area contributed by atoms with Crippen LogP contribution in [0.4, 0.5) is 0 Å². The highest BCUT2D eigenvalue weighted by atomic mass is 127. The summed E-state index contributed by atoms with van der Waals surface area (Å²) >= 11 is 12.4. The lowest BCUT2D eigenvalue weighted by molar-refractivity contribution is -0.197. The molecule has 26 heteroatoms. The molecule has 2 aliphatic heterocycles. The number of carboxylic acids is 2. The summed E-state index contributed by atoms with van der Waals surface area (Å²) in [7, 11) is 0. The first-order valence-electron chi connectivity index (χ1n) is 27.7. The van der Waals surface area contributed by atoms with E-state index in [0.717, 1.165) is 65.9 Å². The van der Waals surface area contributed by atoms with Gasteiger partial charge in [-0.05, 0) is 276 Å². The fraction of sp³-hybridized carbons (Fsp3) is 0.281. The van der Waals surface area contributed by atoms with E-state index in [1.807, 2.05) is 114 Å². The quantitative estimate of drug-likeness (QED) is 0.0264. The Kier molecular flexibility index (Phi) is 39.6. The zero-order chi connectivity index (χ0) is 67.5. The van der Waals surface area contributed by atoms with Crippen molar-refractivity contribution in [1.82, 2.24) is 10.1 Å². The number of nitrogens with two attached hydrogens (primary N) is 1. The van der Waals surface area contributed by atoms with Crippen LogP contribution in [0, 0.1) is 21.4 Å². The van der Waals surface area contributed by atoms with Gasteiger partial charge in [0.2, 0.25) is 0 Å². The summed E-state index contributed by atoms with van der Waals surface area (Å²) in [6.45, 7) is 6.69. The second-order valence-electron chi connectivity index (χ2n) is 19.0. The smallest absolute Gasteiger partial charge is 0.363 e. The van der Waals surface area contributed by atoms with Gasteiger partial charge in [0.1, 0.15) is 23.0 Å². The number of carboxylic acid groups (broad SMARTS) is 2. The number of aromatic hydroxyl groups is 3. The van der Waals surface area contributed by atoms with Gasteiger partial charge >= 0.3 is 23.9 Å². The number of ketones is 2. The average Bonchev–Trinajstić information content (AvgIpc) is 3.12. The van der Waals surface area contributed by atoms with E-state index < -0.39 is 47.5 Å². The number of Topliss-reactive ketones (excluding diaryl/α,β-unsaturated/α-hetero) is 2. The van der Waals surface area contributed by atoms with E-state index in [1.54, 1.807) is 78.9 Å². The molecule has 0 radical (unpaired) electrons. The summed E-state index contributed by atoms with van der Waals surface area (Å²) in [5.74, 6) is -3.64. The molecular formula is C64H67I6N3O17. The number of halogens is 6. The summed E-state index contributed by atoms with van der Waals surface area (Å²) in [5, 5.41) is 46.0. The molecule has 6 aromatic rings. The van der Waals surface area contributed by atoms with E-state index in [4.69, 9.17) is 25.6 Å². The van der Waals surface area contributed by atoms with Crippen molar-refractivity contribution in [2.75, 3.05) is 6.54 Å². The highest BCUT2D eigenvalue weighted by Crippen LogP contribution is 2.24. The van der Waals surface area contributed by atoms with Crippen molar-refractivity contribution in [2.45, 2.75) is 111 Å².